The Morgan fingerprint density at radius 1 is 1.34 bits per heavy atom. The van der Waals surface area contributed by atoms with Gasteiger partial charge in [-0.2, -0.15) is 17.6 Å². The molecule has 0 aromatic carbocycles. The van der Waals surface area contributed by atoms with Crippen LogP contribution in [0.1, 0.15) is 48.3 Å². The number of anilines is 1. The molecule has 4 heterocycles. The van der Waals surface area contributed by atoms with Gasteiger partial charge in [-0.15, -0.1) is 5.10 Å². The molecule has 170 valence electrons. The number of carbonyl (C=O) groups is 1. The zero-order valence-electron chi connectivity index (χ0n) is 17.1. The van der Waals surface area contributed by atoms with Gasteiger partial charge in [0.15, 0.2) is 0 Å². The molecule has 2 N–H and O–H groups in total. The van der Waals surface area contributed by atoms with E-state index >= 15 is 0 Å². The van der Waals surface area contributed by atoms with Crippen LogP contribution in [0.2, 0.25) is 0 Å². The second-order valence-corrected chi connectivity index (χ2v) is 9.19. The number of ketones is 1. The van der Waals surface area contributed by atoms with E-state index in [1.165, 1.54) is 18.3 Å². The van der Waals surface area contributed by atoms with Gasteiger partial charge in [0.1, 0.15) is 16.8 Å². The summed E-state index contributed by atoms with van der Waals surface area (Å²) in [6.45, 7) is 4.66. The van der Waals surface area contributed by atoms with Gasteiger partial charge in [0.05, 0.1) is 5.52 Å². The van der Waals surface area contributed by atoms with Gasteiger partial charge < -0.3 is 10.6 Å². The van der Waals surface area contributed by atoms with Crippen molar-refractivity contribution in [2.45, 2.75) is 44.4 Å². The SMILES string of the molecule is CC1(C)CC[C@H](Nc2ncc(C(F)(F)F)c(C(=O)c3c(F)nn4cc(Br)ccc34)n2)CN1. The van der Waals surface area contributed by atoms with Crippen LogP contribution in [0.25, 0.3) is 5.52 Å². The second-order valence-electron chi connectivity index (χ2n) is 8.27. The minimum Gasteiger partial charge on any atom is -0.350 e. The lowest BCUT2D eigenvalue weighted by Gasteiger charge is -2.36. The van der Waals surface area contributed by atoms with Crippen molar-refractivity contribution in [1.29, 1.82) is 0 Å². The Morgan fingerprint density at radius 2 is 2.09 bits per heavy atom. The summed E-state index contributed by atoms with van der Waals surface area (Å²) in [4.78, 5) is 20.7. The highest BCUT2D eigenvalue weighted by molar-refractivity contribution is 9.10. The zero-order valence-corrected chi connectivity index (χ0v) is 18.7. The lowest BCUT2D eigenvalue weighted by molar-refractivity contribution is -0.138. The molecule has 1 fully saturated rings. The maximum Gasteiger partial charge on any atom is 0.420 e. The van der Waals surface area contributed by atoms with Crippen LogP contribution < -0.4 is 10.6 Å². The van der Waals surface area contributed by atoms with Crippen LogP contribution in [0.3, 0.4) is 0 Å². The summed E-state index contributed by atoms with van der Waals surface area (Å²) >= 11 is 3.20. The fraction of sp³-hybridized carbons (Fsp3) is 0.400. The Balaban J connectivity index is 1.73. The van der Waals surface area contributed by atoms with Crippen molar-refractivity contribution in [3.63, 3.8) is 0 Å². The van der Waals surface area contributed by atoms with E-state index in [4.69, 9.17) is 0 Å². The lowest BCUT2D eigenvalue weighted by atomic mass is 9.91. The van der Waals surface area contributed by atoms with Crippen LogP contribution in [0.4, 0.5) is 23.5 Å². The predicted octanol–water partition coefficient (Wildman–Crippen LogP) is 4.22. The van der Waals surface area contributed by atoms with Crippen LogP contribution in [0.5, 0.6) is 0 Å². The van der Waals surface area contributed by atoms with E-state index in [1.54, 1.807) is 0 Å². The summed E-state index contributed by atoms with van der Waals surface area (Å²) in [5.74, 6) is -2.54. The Labute approximate surface area is 188 Å². The number of hydrogen-bond acceptors (Lipinski definition) is 6. The molecule has 1 saturated heterocycles. The topological polar surface area (TPSA) is 84.2 Å². The van der Waals surface area contributed by atoms with Gasteiger partial charge in [0, 0.05) is 35.0 Å². The predicted molar refractivity (Wildman–Crippen MR) is 112 cm³/mol. The van der Waals surface area contributed by atoms with Gasteiger partial charge in [-0.05, 0) is 54.8 Å². The molecule has 0 radical (unpaired) electrons. The third-order valence-corrected chi connectivity index (χ3v) is 5.83. The van der Waals surface area contributed by atoms with Gasteiger partial charge in [-0.3, -0.25) is 4.79 Å². The van der Waals surface area contributed by atoms with Gasteiger partial charge >= 0.3 is 6.18 Å². The van der Waals surface area contributed by atoms with E-state index in [2.05, 4.69) is 55.5 Å². The summed E-state index contributed by atoms with van der Waals surface area (Å²) in [5.41, 5.74) is -2.89. The number of fused-ring (bicyclic) bond motifs is 1. The third-order valence-electron chi connectivity index (χ3n) is 5.37. The molecule has 0 saturated carbocycles. The maximum absolute atomic E-state index is 14.5. The van der Waals surface area contributed by atoms with E-state index in [0.717, 1.165) is 17.4 Å². The highest BCUT2D eigenvalue weighted by Crippen LogP contribution is 2.33. The molecule has 3 aromatic rings. The first-order chi connectivity index (χ1) is 14.9. The van der Waals surface area contributed by atoms with Crippen molar-refractivity contribution in [2.24, 2.45) is 0 Å². The Morgan fingerprint density at radius 3 is 2.75 bits per heavy atom. The van der Waals surface area contributed by atoms with Gasteiger partial charge in [-0.25, -0.2) is 14.5 Å². The zero-order chi connectivity index (χ0) is 23.3. The van der Waals surface area contributed by atoms with E-state index in [1.807, 2.05) is 0 Å². The number of aromatic nitrogens is 4. The number of halogens is 5. The van der Waals surface area contributed by atoms with E-state index in [9.17, 15) is 22.4 Å². The molecular formula is C20H19BrF4N6O. The number of hydrogen-bond donors (Lipinski definition) is 2. The van der Waals surface area contributed by atoms with Crippen molar-refractivity contribution >= 4 is 33.2 Å². The number of rotatable bonds is 4. The number of nitrogens with one attached hydrogen (secondary N) is 2. The van der Waals surface area contributed by atoms with Crippen molar-refractivity contribution in [3.8, 4) is 0 Å². The van der Waals surface area contributed by atoms with Gasteiger partial charge in [-0.1, -0.05) is 0 Å². The average molecular weight is 515 g/mol. The molecule has 1 aliphatic heterocycles. The molecule has 1 atom stereocenters. The Bertz CT molecular complexity index is 1180. The Kier molecular flexibility index (Phi) is 5.70. The summed E-state index contributed by atoms with van der Waals surface area (Å²) in [6, 6.07) is 2.78. The second kappa shape index (κ2) is 8.07. The van der Waals surface area contributed by atoms with E-state index < -0.39 is 34.7 Å². The van der Waals surface area contributed by atoms with Crippen LogP contribution in [0.15, 0.2) is 29.0 Å². The minimum atomic E-state index is -4.90. The fourth-order valence-electron chi connectivity index (χ4n) is 3.59. The summed E-state index contributed by atoms with van der Waals surface area (Å²) in [7, 11) is 0. The first-order valence-corrected chi connectivity index (χ1v) is 10.6. The normalized spacial score (nSPS) is 18.7. The molecule has 1 aliphatic rings. The highest BCUT2D eigenvalue weighted by Gasteiger charge is 2.39. The van der Waals surface area contributed by atoms with E-state index in [0.29, 0.717) is 17.2 Å². The van der Waals surface area contributed by atoms with Crippen LogP contribution >= 0.6 is 15.9 Å². The van der Waals surface area contributed by atoms with Crippen molar-refractivity contribution < 1.29 is 22.4 Å². The largest absolute Gasteiger partial charge is 0.420 e. The standard InChI is InChI=1S/C20H19BrF4N6O/c1-19(2)6-5-11(7-27-19)28-18-26-8-12(20(23,24)25)15(29-18)16(32)14-13-4-3-10(21)9-31(13)30-17(14)22/h3-4,8-9,11,27H,5-7H2,1-2H3,(H,26,28,29)/t11-/m0/s1. The molecule has 0 aliphatic carbocycles. The van der Waals surface area contributed by atoms with Crippen molar-refractivity contribution in [1.82, 2.24) is 24.9 Å². The summed E-state index contributed by atoms with van der Waals surface area (Å²) in [6.07, 6.45) is -1.39. The molecule has 0 amide bonds. The number of piperidine rings is 1. The first kappa shape index (κ1) is 22.6. The van der Waals surface area contributed by atoms with Gasteiger partial charge in [0.2, 0.25) is 17.7 Å². The highest BCUT2D eigenvalue weighted by atomic mass is 79.9. The number of nitrogens with zero attached hydrogens (tertiary/aromatic N) is 4. The number of pyridine rings is 1. The van der Waals surface area contributed by atoms with Crippen LogP contribution in [-0.2, 0) is 6.18 Å². The molecular weight excluding hydrogens is 496 g/mol. The molecule has 4 rings (SSSR count). The molecule has 0 unspecified atom stereocenters. The summed E-state index contributed by atoms with van der Waals surface area (Å²) < 4.78 is 57.0. The molecule has 0 spiro atoms. The monoisotopic (exact) mass is 514 g/mol. The first-order valence-electron chi connectivity index (χ1n) is 9.78. The minimum absolute atomic E-state index is 0.0238. The average Bonchev–Trinajstić information content (AvgIpc) is 3.03. The van der Waals surface area contributed by atoms with E-state index in [-0.39, 0.29) is 23.0 Å². The molecule has 32 heavy (non-hydrogen) atoms. The Hall–Kier alpha value is -2.60. The van der Waals surface area contributed by atoms with Gasteiger partial charge in [0.25, 0.3) is 0 Å². The van der Waals surface area contributed by atoms with Crippen molar-refractivity contribution in [3.05, 3.63) is 51.8 Å². The lowest BCUT2D eigenvalue weighted by Crippen LogP contribution is -2.50. The molecule has 7 nitrogen and oxygen atoms in total. The van der Waals surface area contributed by atoms with Crippen LogP contribution in [-0.4, -0.2) is 43.5 Å². The summed E-state index contributed by atoms with van der Waals surface area (Å²) in [5, 5.41) is 9.89. The molecule has 0 bridgehead atoms. The molecule has 3 aromatic heterocycles. The van der Waals surface area contributed by atoms with Crippen LogP contribution in [0, 0.1) is 5.95 Å². The third kappa shape index (κ3) is 4.46. The maximum atomic E-state index is 14.5. The van der Waals surface area contributed by atoms with Crippen molar-refractivity contribution in [2.75, 3.05) is 11.9 Å². The number of alkyl halides is 3. The fourth-order valence-corrected chi connectivity index (χ4v) is 3.91. The quantitative estimate of drug-likeness (QED) is 0.400. The smallest absolute Gasteiger partial charge is 0.350 e. The molecule has 12 heteroatoms. The number of carbonyl (C=O) groups excluding carboxylic acids is 1.